The zero-order valence-electron chi connectivity index (χ0n) is 13.5. The second-order valence-corrected chi connectivity index (χ2v) is 6.32. The minimum absolute atomic E-state index is 0.0166. The molecule has 0 amide bonds. The number of carbonyl (C=O) groups excluding carboxylic acids is 1. The van der Waals surface area contributed by atoms with Crippen molar-refractivity contribution in [1.29, 1.82) is 0 Å². The van der Waals surface area contributed by atoms with Gasteiger partial charge in [-0.1, -0.05) is 0 Å². The van der Waals surface area contributed by atoms with E-state index < -0.39 is 11.7 Å². The van der Waals surface area contributed by atoms with E-state index in [4.69, 9.17) is 4.74 Å². The van der Waals surface area contributed by atoms with Crippen LogP contribution >= 0.6 is 0 Å². The van der Waals surface area contributed by atoms with Crippen molar-refractivity contribution in [2.75, 3.05) is 5.23 Å². The summed E-state index contributed by atoms with van der Waals surface area (Å²) in [6.07, 6.45) is 1.13. The van der Waals surface area contributed by atoms with Gasteiger partial charge < -0.3 is 9.72 Å². The Morgan fingerprint density at radius 2 is 2.04 bits per heavy atom. The number of ether oxygens (including phenoxy) is 1. The minimum atomic E-state index is -0.658. The van der Waals surface area contributed by atoms with E-state index in [2.05, 4.69) is 10.1 Å². The Bertz CT molecular complexity index is 875. The number of nitrogens with one attached hydrogen (secondary N) is 1. The molecular formula is C16H18N4O4. The first kappa shape index (κ1) is 16.0. The molecule has 0 aliphatic heterocycles. The lowest BCUT2D eigenvalue weighted by Gasteiger charge is -2.19. The number of benzene rings is 1. The molecule has 0 aliphatic rings. The third-order valence-corrected chi connectivity index (χ3v) is 3.31. The molecule has 126 valence electrons. The van der Waals surface area contributed by atoms with E-state index >= 15 is 0 Å². The lowest BCUT2D eigenvalue weighted by Crippen LogP contribution is -2.27. The Morgan fingerprint density at radius 3 is 2.62 bits per heavy atom. The lowest BCUT2D eigenvalue weighted by molar-refractivity contribution is 0.0292. The Kier molecular flexibility index (Phi) is 3.78. The topological polar surface area (TPSA) is 104 Å². The Balaban J connectivity index is 2.19. The van der Waals surface area contributed by atoms with Crippen molar-refractivity contribution in [3.8, 4) is 11.4 Å². The first-order valence-corrected chi connectivity index (χ1v) is 7.34. The highest BCUT2D eigenvalue weighted by atomic mass is 16.8. The number of nitrogens with zero attached hydrogens (tertiary/aromatic N) is 3. The van der Waals surface area contributed by atoms with E-state index in [0.717, 1.165) is 0 Å². The predicted molar refractivity (Wildman–Crippen MR) is 87.2 cm³/mol. The van der Waals surface area contributed by atoms with Gasteiger partial charge in [-0.05, 0) is 51.1 Å². The summed E-state index contributed by atoms with van der Waals surface area (Å²) in [4.78, 5) is 15.5. The second-order valence-electron chi connectivity index (χ2n) is 6.32. The van der Waals surface area contributed by atoms with Crippen LogP contribution in [0, 0.1) is 0 Å². The summed E-state index contributed by atoms with van der Waals surface area (Å²) in [7, 11) is 0. The minimum Gasteiger partial charge on any atom is -0.442 e. The fourth-order valence-corrected chi connectivity index (χ4v) is 2.35. The number of anilines is 1. The Labute approximate surface area is 137 Å². The van der Waals surface area contributed by atoms with Crippen molar-refractivity contribution < 1.29 is 19.9 Å². The number of carbonyl (C=O) groups is 1. The Hall–Kier alpha value is -2.84. The molecule has 3 N–H and O–H groups in total. The van der Waals surface area contributed by atoms with E-state index in [0.29, 0.717) is 22.3 Å². The standard InChI is InChI=1S/C16H18N4O4/c1-16(2,3)24-15(21)19-13-7-6-10(20(22)23)9-11(13)14(18-19)12-5-4-8-17-12/h4-9,17,22-23H,1-3H3. The zero-order valence-corrected chi connectivity index (χ0v) is 13.5. The average Bonchev–Trinajstić information content (AvgIpc) is 3.11. The fourth-order valence-electron chi connectivity index (χ4n) is 2.35. The average molecular weight is 330 g/mol. The van der Waals surface area contributed by atoms with Crippen molar-refractivity contribution in [2.24, 2.45) is 0 Å². The maximum atomic E-state index is 12.4. The molecule has 24 heavy (non-hydrogen) atoms. The third kappa shape index (κ3) is 2.97. The van der Waals surface area contributed by atoms with E-state index in [-0.39, 0.29) is 10.9 Å². The van der Waals surface area contributed by atoms with Crippen LogP contribution < -0.4 is 5.23 Å². The zero-order chi connectivity index (χ0) is 17.5. The van der Waals surface area contributed by atoms with Crippen LogP contribution in [0.2, 0.25) is 0 Å². The van der Waals surface area contributed by atoms with Crippen LogP contribution in [0.5, 0.6) is 0 Å². The molecule has 0 unspecified atom stereocenters. The molecule has 2 aromatic heterocycles. The van der Waals surface area contributed by atoms with Crippen molar-refractivity contribution in [2.45, 2.75) is 26.4 Å². The van der Waals surface area contributed by atoms with Gasteiger partial charge in [0.25, 0.3) is 0 Å². The molecule has 0 spiro atoms. The SMILES string of the molecule is CC(C)(C)OC(=O)n1nc(-c2ccc[nH]2)c2cc(N(O)O)ccc21. The van der Waals surface area contributed by atoms with Gasteiger partial charge in [0.1, 0.15) is 11.3 Å². The number of hydrogen-bond donors (Lipinski definition) is 3. The number of aromatic amines is 1. The lowest BCUT2D eigenvalue weighted by atomic mass is 10.1. The predicted octanol–water partition coefficient (Wildman–Crippen LogP) is 3.40. The summed E-state index contributed by atoms with van der Waals surface area (Å²) in [5.74, 6) is 0. The first-order valence-electron chi connectivity index (χ1n) is 7.34. The smallest absolute Gasteiger partial charge is 0.435 e. The third-order valence-electron chi connectivity index (χ3n) is 3.31. The van der Waals surface area contributed by atoms with Gasteiger partial charge in [-0.25, -0.2) is 4.79 Å². The quantitative estimate of drug-likeness (QED) is 0.622. The molecule has 0 radical (unpaired) electrons. The number of fused-ring (bicyclic) bond motifs is 1. The van der Waals surface area contributed by atoms with Crippen LogP contribution in [0.3, 0.4) is 0 Å². The molecule has 0 atom stereocenters. The summed E-state index contributed by atoms with van der Waals surface area (Å²) in [5.41, 5.74) is 1.19. The van der Waals surface area contributed by atoms with Gasteiger partial charge in [0.05, 0.1) is 16.9 Å². The summed E-state index contributed by atoms with van der Waals surface area (Å²) >= 11 is 0. The maximum Gasteiger partial charge on any atom is 0.435 e. The number of aromatic nitrogens is 3. The van der Waals surface area contributed by atoms with E-state index in [9.17, 15) is 15.2 Å². The highest BCUT2D eigenvalue weighted by Gasteiger charge is 2.23. The van der Waals surface area contributed by atoms with Crippen LogP contribution in [0.4, 0.5) is 10.5 Å². The van der Waals surface area contributed by atoms with Crippen LogP contribution in [-0.4, -0.2) is 36.9 Å². The second kappa shape index (κ2) is 5.66. The molecule has 0 saturated heterocycles. The molecule has 8 nitrogen and oxygen atoms in total. The van der Waals surface area contributed by atoms with Gasteiger partial charge in [-0.15, -0.1) is 5.23 Å². The van der Waals surface area contributed by atoms with Gasteiger partial charge in [0.2, 0.25) is 0 Å². The van der Waals surface area contributed by atoms with Gasteiger partial charge in [0.15, 0.2) is 0 Å². The molecule has 8 heteroatoms. The molecule has 3 rings (SSSR count). The number of rotatable bonds is 2. The van der Waals surface area contributed by atoms with E-state index in [1.165, 1.54) is 16.8 Å². The van der Waals surface area contributed by atoms with E-state index in [1.54, 1.807) is 33.0 Å². The van der Waals surface area contributed by atoms with Crippen molar-refractivity contribution >= 4 is 22.7 Å². The van der Waals surface area contributed by atoms with Gasteiger partial charge in [0, 0.05) is 11.6 Å². The molecule has 3 aromatic rings. The maximum absolute atomic E-state index is 12.4. The van der Waals surface area contributed by atoms with Crippen LogP contribution in [0.15, 0.2) is 36.5 Å². The summed E-state index contributed by atoms with van der Waals surface area (Å²) < 4.78 is 6.55. The van der Waals surface area contributed by atoms with Gasteiger partial charge >= 0.3 is 6.09 Å². The van der Waals surface area contributed by atoms with Crippen molar-refractivity contribution in [3.63, 3.8) is 0 Å². The molecular weight excluding hydrogens is 312 g/mol. The normalized spacial score (nSPS) is 11.7. The fraction of sp³-hybridized carbons (Fsp3) is 0.250. The molecule has 0 fully saturated rings. The summed E-state index contributed by atoms with van der Waals surface area (Å²) in [6, 6.07) is 8.18. The van der Waals surface area contributed by atoms with Crippen LogP contribution in [0.25, 0.3) is 22.3 Å². The highest BCUT2D eigenvalue weighted by Crippen LogP contribution is 2.30. The Morgan fingerprint density at radius 1 is 1.29 bits per heavy atom. The van der Waals surface area contributed by atoms with E-state index in [1.807, 2.05) is 12.1 Å². The molecule has 2 heterocycles. The van der Waals surface area contributed by atoms with Crippen LogP contribution in [-0.2, 0) is 4.74 Å². The molecule has 0 bridgehead atoms. The first-order chi connectivity index (χ1) is 11.3. The van der Waals surface area contributed by atoms with Gasteiger partial charge in [-0.3, -0.25) is 10.4 Å². The van der Waals surface area contributed by atoms with Crippen molar-refractivity contribution in [1.82, 2.24) is 14.8 Å². The van der Waals surface area contributed by atoms with Gasteiger partial charge in [-0.2, -0.15) is 9.78 Å². The molecule has 1 aromatic carbocycles. The molecule has 0 saturated carbocycles. The number of H-pyrrole nitrogens is 1. The number of hydrogen-bond acceptors (Lipinski definition) is 6. The largest absolute Gasteiger partial charge is 0.442 e. The summed E-state index contributed by atoms with van der Waals surface area (Å²) in [6.45, 7) is 5.32. The van der Waals surface area contributed by atoms with Crippen LogP contribution in [0.1, 0.15) is 20.8 Å². The van der Waals surface area contributed by atoms with Crippen molar-refractivity contribution in [3.05, 3.63) is 36.5 Å². The molecule has 0 aliphatic carbocycles. The highest BCUT2D eigenvalue weighted by molar-refractivity contribution is 5.98. The summed E-state index contributed by atoms with van der Waals surface area (Å²) in [5, 5.41) is 23.4. The monoisotopic (exact) mass is 330 g/mol.